The summed E-state index contributed by atoms with van der Waals surface area (Å²) in [7, 11) is 8.16. The van der Waals surface area contributed by atoms with Crippen LogP contribution in [0.5, 0.6) is 0 Å². The predicted octanol–water partition coefficient (Wildman–Crippen LogP) is 3.23. The fraction of sp³-hybridized carbons (Fsp3) is 0.450. The van der Waals surface area contributed by atoms with Gasteiger partial charge in [-0.2, -0.15) is 0 Å². The van der Waals surface area contributed by atoms with Gasteiger partial charge in [-0.05, 0) is 42.2 Å². The minimum Gasteiger partial charge on any atom is -0.374 e. The largest absolute Gasteiger partial charge is 0.374 e. The van der Waals surface area contributed by atoms with Crippen molar-refractivity contribution < 1.29 is 0 Å². The average molecular weight is 467 g/mol. The van der Waals surface area contributed by atoms with Crippen LogP contribution in [-0.4, -0.2) is 43.1 Å². The molecule has 6 heteroatoms. The summed E-state index contributed by atoms with van der Waals surface area (Å²) in [6.45, 7) is 2.78. The number of anilines is 1. The van der Waals surface area contributed by atoms with Crippen molar-refractivity contribution in [2.45, 2.75) is 25.9 Å². The quantitative estimate of drug-likeness (QED) is 0.426. The molecule has 142 valence electrons. The lowest BCUT2D eigenvalue weighted by molar-refractivity contribution is 0.461. The smallest absolute Gasteiger partial charge is 0.194 e. The lowest BCUT2D eigenvalue weighted by Gasteiger charge is -2.28. The zero-order valence-corrected chi connectivity index (χ0v) is 18.5. The molecular formula is C20H30IN5. The Kier molecular flexibility index (Phi) is 7.37. The second-order valence-corrected chi connectivity index (χ2v) is 6.86. The van der Waals surface area contributed by atoms with Gasteiger partial charge in [0.2, 0.25) is 0 Å². The van der Waals surface area contributed by atoms with Crippen molar-refractivity contribution in [1.29, 1.82) is 0 Å². The first kappa shape index (κ1) is 20.6. The molecule has 5 nitrogen and oxygen atoms in total. The van der Waals surface area contributed by atoms with Crippen LogP contribution in [-0.2, 0) is 26.6 Å². The maximum absolute atomic E-state index is 4.43. The van der Waals surface area contributed by atoms with Crippen molar-refractivity contribution in [3.05, 3.63) is 53.3 Å². The minimum atomic E-state index is 0. The molecular weight excluding hydrogens is 437 g/mol. The first-order chi connectivity index (χ1) is 12.1. The molecule has 0 fully saturated rings. The number of fused-ring (bicyclic) bond motifs is 1. The van der Waals surface area contributed by atoms with Gasteiger partial charge in [0.25, 0.3) is 0 Å². The van der Waals surface area contributed by atoms with Gasteiger partial charge in [0.1, 0.15) is 0 Å². The number of hydrogen-bond donors (Lipinski definition) is 1. The molecule has 1 N–H and O–H groups in total. The Bertz CT molecular complexity index is 752. The minimum absolute atomic E-state index is 0. The summed E-state index contributed by atoms with van der Waals surface area (Å²) in [5.41, 5.74) is 5.41. The van der Waals surface area contributed by atoms with Gasteiger partial charge in [0.05, 0.1) is 6.54 Å². The Morgan fingerprint density at radius 2 is 2.08 bits per heavy atom. The van der Waals surface area contributed by atoms with E-state index in [-0.39, 0.29) is 24.0 Å². The molecule has 0 saturated carbocycles. The van der Waals surface area contributed by atoms with E-state index in [4.69, 9.17) is 0 Å². The third-order valence-electron chi connectivity index (χ3n) is 4.97. The normalized spacial score (nSPS) is 13.8. The molecule has 0 bridgehead atoms. The monoisotopic (exact) mass is 467 g/mol. The van der Waals surface area contributed by atoms with Crippen molar-refractivity contribution in [3.63, 3.8) is 0 Å². The summed E-state index contributed by atoms with van der Waals surface area (Å²) in [6, 6.07) is 11.0. The van der Waals surface area contributed by atoms with Crippen molar-refractivity contribution in [2.24, 2.45) is 12.0 Å². The van der Waals surface area contributed by atoms with Crippen LogP contribution in [0, 0.1) is 0 Å². The number of aromatic nitrogens is 1. The van der Waals surface area contributed by atoms with Gasteiger partial charge >= 0.3 is 0 Å². The number of nitrogens with one attached hydrogen (secondary N) is 1. The van der Waals surface area contributed by atoms with Crippen molar-refractivity contribution in [2.75, 3.05) is 32.6 Å². The number of aliphatic imine (C=N–C) groups is 1. The highest BCUT2D eigenvalue weighted by Gasteiger charge is 2.14. The molecule has 1 aliphatic heterocycles. The van der Waals surface area contributed by atoms with Crippen LogP contribution in [0.15, 0.2) is 41.5 Å². The summed E-state index contributed by atoms with van der Waals surface area (Å²) in [6.07, 6.45) is 4.49. The molecule has 0 atom stereocenters. The summed E-state index contributed by atoms with van der Waals surface area (Å²) in [5.74, 6) is 0.913. The molecule has 1 aliphatic rings. The molecule has 0 unspecified atom stereocenters. The lowest BCUT2D eigenvalue weighted by Crippen LogP contribution is -2.38. The molecule has 1 aromatic carbocycles. The van der Waals surface area contributed by atoms with Gasteiger partial charge in [0.15, 0.2) is 5.96 Å². The van der Waals surface area contributed by atoms with Crippen molar-refractivity contribution >= 4 is 35.6 Å². The van der Waals surface area contributed by atoms with Crippen LogP contribution in [0.25, 0.3) is 0 Å². The third-order valence-corrected chi connectivity index (χ3v) is 4.97. The van der Waals surface area contributed by atoms with Gasteiger partial charge in [0, 0.05) is 58.9 Å². The van der Waals surface area contributed by atoms with Crippen molar-refractivity contribution in [1.82, 2.24) is 14.8 Å². The van der Waals surface area contributed by atoms with E-state index in [1.165, 1.54) is 35.3 Å². The fourth-order valence-corrected chi connectivity index (χ4v) is 3.49. The second-order valence-electron chi connectivity index (χ2n) is 6.86. The Morgan fingerprint density at radius 1 is 1.27 bits per heavy atom. The van der Waals surface area contributed by atoms with Gasteiger partial charge in [-0.3, -0.25) is 4.99 Å². The van der Waals surface area contributed by atoms with Crippen LogP contribution in [0.4, 0.5) is 5.69 Å². The van der Waals surface area contributed by atoms with Gasteiger partial charge in [-0.25, -0.2) is 0 Å². The van der Waals surface area contributed by atoms with E-state index in [1.807, 2.05) is 7.05 Å². The molecule has 26 heavy (non-hydrogen) atoms. The van der Waals surface area contributed by atoms with Gasteiger partial charge < -0.3 is 19.7 Å². The molecule has 0 spiro atoms. The van der Waals surface area contributed by atoms with Crippen LogP contribution >= 0.6 is 24.0 Å². The van der Waals surface area contributed by atoms with E-state index in [2.05, 4.69) is 82.3 Å². The molecule has 0 radical (unpaired) electrons. The number of halogens is 1. The maximum Gasteiger partial charge on any atom is 0.194 e. The predicted molar refractivity (Wildman–Crippen MR) is 121 cm³/mol. The fourth-order valence-electron chi connectivity index (χ4n) is 3.49. The Balaban J connectivity index is 0.00000243. The number of benzene rings is 1. The van der Waals surface area contributed by atoms with Crippen LogP contribution in [0.1, 0.15) is 23.2 Å². The molecule has 1 aromatic heterocycles. The standard InChI is InChI=1S/C20H29N5.HI/c1-21-20(25(4)15-18-8-6-11-23(18)2)22-14-16-9-10-19-17(13-16)7-5-12-24(19)3;/h6,8-11,13H,5,7,12,14-15H2,1-4H3,(H,21,22);1H. The summed E-state index contributed by atoms with van der Waals surface area (Å²) >= 11 is 0. The van der Waals surface area contributed by atoms with Crippen molar-refractivity contribution in [3.8, 4) is 0 Å². The highest BCUT2D eigenvalue weighted by Crippen LogP contribution is 2.26. The summed E-state index contributed by atoms with van der Waals surface area (Å²) < 4.78 is 2.14. The lowest BCUT2D eigenvalue weighted by atomic mass is 9.99. The Hall–Kier alpha value is -1.70. The molecule has 3 rings (SSSR count). The zero-order valence-electron chi connectivity index (χ0n) is 16.2. The SMILES string of the molecule is CN=C(NCc1ccc2c(c1)CCCN2C)N(C)Cc1cccn1C.I. The summed E-state index contributed by atoms with van der Waals surface area (Å²) in [5, 5.41) is 3.49. The topological polar surface area (TPSA) is 35.8 Å². The third kappa shape index (κ3) is 4.72. The number of rotatable bonds is 4. The van der Waals surface area contributed by atoms with Gasteiger partial charge in [-0.1, -0.05) is 12.1 Å². The maximum atomic E-state index is 4.43. The van der Waals surface area contributed by atoms with E-state index in [9.17, 15) is 0 Å². The summed E-state index contributed by atoms with van der Waals surface area (Å²) in [4.78, 5) is 8.93. The van der Waals surface area contributed by atoms with E-state index in [0.29, 0.717) is 0 Å². The van der Waals surface area contributed by atoms with E-state index < -0.39 is 0 Å². The number of nitrogens with zero attached hydrogens (tertiary/aromatic N) is 4. The first-order valence-corrected chi connectivity index (χ1v) is 8.93. The number of aryl methyl sites for hydroxylation is 2. The second kappa shape index (κ2) is 9.30. The van der Waals surface area contributed by atoms with Crippen LogP contribution in [0.3, 0.4) is 0 Å². The molecule has 2 heterocycles. The van der Waals surface area contributed by atoms with Crippen LogP contribution < -0.4 is 10.2 Å². The number of guanidine groups is 1. The zero-order chi connectivity index (χ0) is 17.8. The average Bonchev–Trinajstić information content (AvgIpc) is 3.00. The highest BCUT2D eigenvalue weighted by molar-refractivity contribution is 14.0. The van der Waals surface area contributed by atoms with E-state index in [0.717, 1.165) is 25.6 Å². The van der Waals surface area contributed by atoms with Crippen LogP contribution in [0.2, 0.25) is 0 Å². The first-order valence-electron chi connectivity index (χ1n) is 8.93. The molecule has 0 aliphatic carbocycles. The molecule has 0 saturated heterocycles. The Morgan fingerprint density at radius 3 is 2.77 bits per heavy atom. The highest BCUT2D eigenvalue weighted by atomic mass is 127. The van der Waals surface area contributed by atoms with Gasteiger partial charge in [-0.15, -0.1) is 24.0 Å². The molecule has 0 amide bonds. The van der Waals surface area contributed by atoms with E-state index in [1.54, 1.807) is 0 Å². The molecule has 2 aromatic rings. The number of hydrogen-bond acceptors (Lipinski definition) is 2. The van der Waals surface area contributed by atoms with E-state index >= 15 is 0 Å². The Labute approximate surface area is 174 Å².